The van der Waals surface area contributed by atoms with Crippen molar-refractivity contribution in [1.82, 2.24) is 0 Å². The van der Waals surface area contributed by atoms with Gasteiger partial charge in [0.1, 0.15) is 10.9 Å². The number of nitrogens with two attached hydrogens (primary N) is 1. The number of allylic oxidation sites excluding steroid dienone is 1. The number of rotatable bonds is 12. The van der Waals surface area contributed by atoms with Crippen molar-refractivity contribution >= 4 is 29.3 Å². The summed E-state index contributed by atoms with van der Waals surface area (Å²) in [6.45, 7) is 11.3. The third-order valence-corrected chi connectivity index (χ3v) is 3.99. The van der Waals surface area contributed by atoms with E-state index in [1.165, 1.54) is 12.1 Å². The van der Waals surface area contributed by atoms with Gasteiger partial charge in [-0.15, -0.1) is 0 Å². The van der Waals surface area contributed by atoms with E-state index in [1.54, 1.807) is 6.21 Å². The van der Waals surface area contributed by atoms with E-state index in [-0.39, 0.29) is 22.6 Å². The molecule has 0 aliphatic heterocycles. The summed E-state index contributed by atoms with van der Waals surface area (Å²) in [6, 6.07) is 4.86. The molecule has 0 aliphatic carbocycles. The summed E-state index contributed by atoms with van der Waals surface area (Å²) in [6.07, 6.45) is 0.659. The van der Waals surface area contributed by atoms with Gasteiger partial charge in [-0.25, -0.2) is 4.99 Å². The number of unbranched alkanes of at least 4 members (excludes halogenated alkanes) is 3. The van der Waals surface area contributed by atoms with Crippen molar-refractivity contribution in [3.05, 3.63) is 65.3 Å². The lowest BCUT2D eigenvalue weighted by molar-refractivity contribution is -0.137. The third-order valence-electron chi connectivity index (χ3n) is 3.91. The first-order valence-electron chi connectivity index (χ1n) is 9.65. The molecule has 1 rings (SSSR count). The summed E-state index contributed by atoms with van der Waals surface area (Å²) in [4.78, 5) is 8.27. The highest BCUT2D eigenvalue weighted by atomic mass is 35.5. The van der Waals surface area contributed by atoms with Crippen molar-refractivity contribution in [2.24, 2.45) is 15.7 Å². The molecule has 0 aliphatic rings. The van der Waals surface area contributed by atoms with Crippen molar-refractivity contribution in [2.45, 2.75) is 45.7 Å². The largest absolute Gasteiger partial charge is 0.479 e. The number of hydrogen-bond donors (Lipinski definition) is 2. The number of nitrogens with one attached hydrogen (secondary N) is 1. The maximum atomic E-state index is 12.7. The van der Waals surface area contributed by atoms with Crippen LogP contribution in [-0.2, 0) is 10.9 Å². The van der Waals surface area contributed by atoms with Crippen LogP contribution in [-0.4, -0.2) is 18.7 Å². The predicted octanol–water partition coefficient (Wildman–Crippen LogP) is 6.60. The molecule has 0 bridgehead atoms. The molecule has 1 aromatic rings. The number of amidine groups is 1. The van der Waals surface area contributed by atoms with Crippen LogP contribution in [0.4, 0.5) is 18.9 Å². The molecule has 0 heterocycles. The maximum Gasteiger partial charge on any atom is 0.416 e. The van der Waals surface area contributed by atoms with E-state index in [0.29, 0.717) is 12.3 Å². The van der Waals surface area contributed by atoms with Gasteiger partial charge in [0.25, 0.3) is 0 Å². The first-order valence-corrected chi connectivity index (χ1v) is 10.0. The van der Waals surface area contributed by atoms with Gasteiger partial charge in [0.15, 0.2) is 11.7 Å². The fourth-order valence-corrected chi connectivity index (χ4v) is 2.56. The summed E-state index contributed by atoms with van der Waals surface area (Å²) >= 11 is 5.64. The zero-order valence-corrected chi connectivity index (χ0v) is 18.5. The summed E-state index contributed by atoms with van der Waals surface area (Å²) < 4.78 is 43.7. The SMILES string of the molecule is C=C(Cl)N=C(N)C(N=CCCCCCOC(=C)Nc1cccc(C(F)(F)F)c1)=C(C)C. The number of alkyl halides is 3. The smallest absolute Gasteiger partial charge is 0.416 e. The minimum Gasteiger partial charge on any atom is -0.479 e. The zero-order valence-electron chi connectivity index (χ0n) is 17.7. The number of anilines is 1. The molecule has 0 saturated carbocycles. The van der Waals surface area contributed by atoms with Crippen molar-refractivity contribution in [3.8, 4) is 0 Å². The molecule has 3 N–H and O–H groups in total. The van der Waals surface area contributed by atoms with Gasteiger partial charge in [0.2, 0.25) is 0 Å². The predicted molar refractivity (Wildman–Crippen MR) is 122 cm³/mol. The number of ether oxygens (including phenoxy) is 1. The van der Waals surface area contributed by atoms with E-state index in [0.717, 1.165) is 43.4 Å². The minimum absolute atomic E-state index is 0.0931. The van der Waals surface area contributed by atoms with Crippen molar-refractivity contribution < 1.29 is 17.9 Å². The molecule has 0 saturated heterocycles. The first-order chi connectivity index (χ1) is 14.5. The van der Waals surface area contributed by atoms with Gasteiger partial charge in [-0.05, 0) is 69.9 Å². The van der Waals surface area contributed by atoms with E-state index in [9.17, 15) is 13.2 Å². The van der Waals surface area contributed by atoms with Crippen molar-refractivity contribution in [1.29, 1.82) is 0 Å². The van der Waals surface area contributed by atoms with Crippen LogP contribution in [0.1, 0.15) is 45.1 Å². The second-order valence-corrected chi connectivity index (χ2v) is 7.29. The van der Waals surface area contributed by atoms with Crippen LogP contribution in [0.5, 0.6) is 0 Å². The van der Waals surface area contributed by atoms with Crippen LogP contribution in [0, 0.1) is 0 Å². The second kappa shape index (κ2) is 12.8. The molecule has 0 fully saturated rings. The average Bonchev–Trinajstić information content (AvgIpc) is 2.65. The lowest BCUT2D eigenvalue weighted by Gasteiger charge is -2.13. The number of benzene rings is 1. The van der Waals surface area contributed by atoms with Gasteiger partial charge in [-0.1, -0.05) is 24.2 Å². The first kappa shape index (κ1) is 26.3. The molecular formula is C22H28ClF3N4O. The lowest BCUT2D eigenvalue weighted by atomic mass is 10.2. The quantitative estimate of drug-likeness (QED) is 0.122. The average molecular weight is 457 g/mol. The van der Waals surface area contributed by atoms with Gasteiger partial charge in [0.05, 0.1) is 12.2 Å². The van der Waals surface area contributed by atoms with Crippen LogP contribution in [0.25, 0.3) is 0 Å². The topological polar surface area (TPSA) is 72.0 Å². The Morgan fingerprint density at radius 1 is 1.23 bits per heavy atom. The van der Waals surface area contributed by atoms with E-state index < -0.39 is 11.7 Å². The van der Waals surface area contributed by atoms with Gasteiger partial charge in [0, 0.05) is 11.9 Å². The van der Waals surface area contributed by atoms with Crippen LogP contribution < -0.4 is 11.1 Å². The summed E-state index contributed by atoms with van der Waals surface area (Å²) in [5.74, 6) is 0.418. The van der Waals surface area contributed by atoms with Crippen LogP contribution in [0.3, 0.4) is 0 Å². The Morgan fingerprint density at radius 2 is 1.94 bits per heavy atom. The van der Waals surface area contributed by atoms with Gasteiger partial charge >= 0.3 is 6.18 Å². The van der Waals surface area contributed by atoms with Crippen LogP contribution in [0.2, 0.25) is 0 Å². The number of aliphatic imine (C=N–C) groups is 2. The van der Waals surface area contributed by atoms with E-state index in [1.807, 2.05) is 13.8 Å². The molecule has 170 valence electrons. The van der Waals surface area contributed by atoms with Crippen LogP contribution >= 0.6 is 11.6 Å². The molecule has 1 aromatic carbocycles. The Kier molecular flexibility index (Phi) is 10.9. The molecule has 0 spiro atoms. The molecule has 0 unspecified atom stereocenters. The molecule has 5 nitrogen and oxygen atoms in total. The molecule has 0 radical (unpaired) electrons. The highest BCUT2D eigenvalue weighted by molar-refractivity contribution is 6.30. The van der Waals surface area contributed by atoms with Crippen molar-refractivity contribution in [2.75, 3.05) is 11.9 Å². The summed E-state index contributed by atoms with van der Waals surface area (Å²) in [7, 11) is 0. The fourth-order valence-electron chi connectivity index (χ4n) is 2.47. The Morgan fingerprint density at radius 3 is 2.55 bits per heavy atom. The van der Waals surface area contributed by atoms with Gasteiger partial charge < -0.3 is 15.8 Å². The van der Waals surface area contributed by atoms with E-state index >= 15 is 0 Å². The van der Waals surface area contributed by atoms with Crippen LogP contribution in [0.15, 0.2) is 69.7 Å². The Bertz CT molecular complexity index is 857. The summed E-state index contributed by atoms with van der Waals surface area (Å²) in [5.41, 5.74) is 6.88. The second-order valence-electron chi connectivity index (χ2n) is 6.86. The molecule has 0 atom stereocenters. The normalized spacial score (nSPS) is 12.0. The number of nitrogens with zero attached hydrogens (tertiary/aromatic N) is 2. The lowest BCUT2D eigenvalue weighted by Crippen LogP contribution is -2.15. The zero-order chi connectivity index (χ0) is 23.4. The number of halogens is 4. The van der Waals surface area contributed by atoms with Gasteiger partial charge in [-0.2, -0.15) is 13.2 Å². The summed E-state index contributed by atoms with van der Waals surface area (Å²) in [5, 5.41) is 2.82. The molecular weight excluding hydrogens is 429 g/mol. The fraction of sp³-hybridized carbons (Fsp3) is 0.364. The highest BCUT2D eigenvalue weighted by Crippen LogP contribution is 2.30. The minimum atomic E-state index is -4.40. The van der Waals surface area contributed by atoms with E-state index in [4.69, 9.17) is 22.1 Å². The monoisotopic (exact) mass is 456 g/mol. The van der Waals surface area contributed by atoms with E-state index in [2.05, 4.69) is 28.5 Å². The van der Waals surface area contributed by atoms with Crippen molar-refractivity contribution in [3.63, 3.8) is 0 Å². The Balaban J connectivity index is 2.32. The molecule has 31 heavy (non-hydrogen) atoms. The Labute approximate surface area is 186 Å². The molecule has 0 amide bonds. The standard InChI is InChI=1S/C22H28ClF3N4O/c1-15(2)20(21(27)29-16(3)23)28-12-7-5-6-8-13-31-17(4)30-19-11-9-10-18(14-19)22(24,25)26/h9-12,14,30H,3-8,13H2,1-2H3,(H2,27,29). The molecule has 0 aromatic heterocycles. The van der Waals surface area contributed by atoms with Gasteiger partial charge in [-0.3, -0.25) is 4.99 Å². The number of hydrogen-bond acceptors (Lipinski definition) is 4. The Hall–Kier alpha value is -2.74. The maximum absolute atomic E-state index is 12.7. The molecule has 9 heteroatoms. The highest BCUT2D eigenvalue weighted by Gasteiger charge is 2.30. The third kappa shape index (κ3) is 10.7.